The number of carbonyl (C=O) groups is 5. The zero-order valence-electron chi connectivity index (χ0n) is 33.8. The average molecular weight is 885 g/mol. The molecule has 4 N–H and O–H groups in total. The fraction of sp³-hybridized carbons (Fsp3) is 0.349. The molecule has 0 saturated carbocycles. The van der Waals surface area contributed by atoms with Gasteiger partial charge in [-0.25, -0.2) is 23.8 Å². The minimum Gasteiger partial charge on any atom is -0.475 e. The number of hydrogen-bond donors (Lipinski definition) is 3. The Morgan fingerprint density at radius 3 is 2.17 bits per heavy atom. The molecule has 5 aromatic rings. The number of hydrogen-bond acceptors (Lipinski definition) is 13. The molecule has 0 spiro atoms. The van der Waals surface area contributed by atoms with Crippen LogP contribution >= 0.6 is 0 Å². The van der Waals surface area contributed by atoms with Crippen LogP contribution in [-0.2, 0) is 14.4 Å². The summed E-state index contributed by atoms with van der Waals surface area (Å²) in [5.74, 6) is -3.11. The number of ether oxygens (including phenoxy) is 1. The Hall–Kier alpha value is -7.00. The van der Waals surface area contributed by atoms with E-state index < -0.39 is 54.0 Å². The van der Waals surface area contributed by atoms with Crippen LogP contribution in [0.2, 0.25) is 0 Å². The predicted octanol–water partition coefficient (Wildman–Crippen LogP) is 4.06. The first kappa shape index (κ1) is 42.3. The number of amides is 4. The summed E-state index contributed by atoms with van der Waals surface area (Å²) in [6.45, 7) is 4.23. The molecule has 0 bridgehead atoms. The Morgan fingerprint density at radius 2 is 1.50 bits per heavy atom. The lowest BCUT2D eigenvalue weighted by Crippen LogP contribution is -2.70. The molecular formula is C43H40F4N10O7. The molecule has 2 aromatic heterocycles. The number of aliphatic carboxylic acids is 1. The normalized spacial score (nSPS) is 22.1. The number of likely N-dealkylation sites (tertiary alicyclic amines) is 2. The van der Waals surface area contributed by atoms with Crippen LogP contribution in [-0.4, -0.2) is 139 Å². The molecule has 0 radical (unpaired) electrons. The van der Waals surface area contributed by atoms with Gasteiger partial charge in [0.05, 0.1) is 22.6 Å². The fourth-order valence-electron chi connectivity index (χ4n) is 8.83. The van der Waals surface area contributed by atoms with Crippen molar-refractivity contribution in [3.8, 4) is 22.8 Å². The number of aromatic nitrogens is 4. The summed E-state index contributed by atoms with van der Waals surface area (Å²) in [6.07, 6.45) is -4.09. The van der Waals surface area contributed by atoms with E-state index in [-0.39, 0.29) is 30.0 Å². The molecule has 4 saturated heterocycles. The van der Waals surface area contributed by atoms with E-state index in [4.69, 9.17) is 25.5 Å². The van der Waals surface area contributed by atoms with Crippen LogP contribution in [0.5, 0.6) is 11.5 Å². The quantitative estimate of drug-likeness (QED) is 0.148. The van der Waals surface area contributed by atoms with Crippen molar-refractivity contribution in [2.45, 2.75) is 55.8 Å². The number of carbonyl (C=O) groups excluding carboxylic acids is 4. The SMILES string of the molecule is Nc1ncnc2c1c(-c1ccc(Oc3ccccc3)cc1)nn2[C@@H]1CCN(C2CN(C3CN(c4ccc5c(c4)C(=O)N(C4CCC(=O)NC4=O)C5=O)C3)C2)C[C@H]1F.O=C(O)C(F)(F)F. The van der Waals surface area contributed by atoms with E-state index in [2.05, 4.69) is 30.0 Å². The maximum atomic E-state index is 16.2. The van der Waals surface area contributed by atoms with Crippen molar-refractivity contribution in [3.05, 3.63) is 90.3 Å². The second-order valence-corrected chi connectivity index (χ2v) is 16.2. The number of nitrogens with one attached hydrogen (secondary N) is 1. The lowest BCUT2D eigenvalue weighted by atomic mass is 9.94. The summed E-state index contributed by atoms with van der Waals surface area (Å²) in [6, 6.07) is 21.4. The topological polar surface area (TPSA) is 209 Å². The standard InChI is InChI=1S/C41H39FN10O5.C2HF3O2/c42-31-21-48(15-14-32(31)52-38-35(37(43)44-22-45-38)36(47-52)23-6-9-28(10-7-23)57-27-4-2-1-3-5-27)25-17-50(18-25)26-19-49(20-26)24-8-11-29-30(16-24)41(56)51(40(29)55)33-12-13-34(53)46-39(33)54;3-2(4,5)1(6)7/h1-11,16,22,25-26,31-33H,12-15,17-21H2,(H2,43,44,45)(H,46,53,54);(H,6,7)/t31-,32-,33?;/m1./s1. The Balaban J connectivity index is 0.000000686. The van der Waals surface area contributed by atoms with E-state index in [9.17, 15) is 32.3 Å². The van der Waals surface area contributed by atoms with E-state index >= 15 is 4.39 Å². The number of anilines is 2. The van der Waals surface area contributed by atoms with Gasteiger partial charge in [-0.1, -0.05) is 18.2 Å². The van der Waals surface area contributed by atoms with Gasteiger partial charge in [0.15, 0.2) is 5.65 Å². The van der Waals surface area contributed by atoms with Gasteiger partial charge >= 0.3 is 12.1 Å². The lowest BCUT2D eigenvalue weighted by Gasteiger charge is -2.55. The van der Waals surface area contributed by atoms with Crippen molar-refractivity contribution in [2.24, 2.45) is 0 Å². The van der Waals surface area contributed by atoms with Crippen LogP contribution in [0.3, 0.4) is 0 Å². The van der Waals surface area contributed by atoms with Gasteiger partial charge in [-0.2, -0.15) is 18.3 Å². The molecule has 10 rings (SSSR count). The van der Waals surface area contributed by atoms with Gasteiger partial charge < -0.3 is 20.5 Å². The van der Waals surface area contributed by atoms with E-state index in [1.165, 1.54) is 6.33 Å². The highest BCUT2D eigenvalue weighted by molar-refractivity contribution is 6.23. The highest BCUT2D eigenvalue weighted by Crippen LogP contribution is 2.38. The summed E-state index contributed by atoms with van der Waals surface area (Å²) < 4.78 is 55.6. The molecule has 1 unspecified atom stereocenters. The zero-order valence-corrected chi connectivity index (χ0v) is 33.8. The molecule has 7 heterocycles. The number of halogens is 4. The van der Waals surface area contributed by atoms with Gasteiger partial charge in [-0.05, 0) is 67.4 Å². The van der Waals surface area contributed by atoms with Crippen LogP contribution in [0, 0.1) is 0 Å². The molecule has 332 valence electrons. The van der Waals surface area contributed by atoms with Gasteiger partial charge in [-0.15, -0.1) is 0 Å². The molecule has 64 heavy (non-hydrogen) atoms. The van der Waals surface area contributed by atoms with E-state index in [0.717, 1.165) is 54.6 Å². The van der Waals surface area contributed by atoms with Crippen LogP contribution < -0.4 is 20.7 Å². The number of carboxylic acids is 1. The Morgan fingerprint density at radius 1 is 0.828 bits per heavy atom. The number of piperidine rings is 2. The number of benzene rings is 3. The number of nitrogens with two attached hydrogens (primary N) is 1. The van der Waals surface area contributed by atoms with Crippen molar-refractivity contribution in [3.63, 3.8) is 0 Å². The largest absolute Gasteiger partial charge is 0.490 e. The third-order valence-electron chi connectivity index (χ3n) is 12.3. The number of rotatable bonds is 8. The molecule has 17 nitrogen and oxygen atoms in total. The molecule has 3 atom stereocenters. The number of carboxylic acid groups (broad SMARTS) is 1. The van der Waals surface area contributed by atoms with Gasteiger partial charge in [-0.3, -0.25) is 39.2 Å². The van der Waals surface area contributed by atoms with Gasteiger partial charge in [0.2, 0.25) is 11.8 Å². The minimum absolute atomic E-state index is 0.0763. The first-order chi connectivity index (χ1) is 30.6. The van der Waals surface area contributed by atoms with Gasteiger partial charge in [0.1, 0.15) is 41.6 Å². The Kier molecular flexibility index (Phi) is 11.0. The Labute approximate surface area is 361 Å². The van der Waals surface area contributed by atoms with E-state index in [0.29, 0.717) is 47.3 Å². The van der Waals surface area contributed by atoms with Crippen molar-refractivity contribution in [1.29, 1.82) is 0 Å². The molecule has 4 fully saturated rings. The summed E-state index contributed by atoms with van der Waals surface area (Å²) in [7, 11) is 0. The number of imide groups is 2. The monoisotopic (exact) mass is 884 g/mol. The smallest absolute Gasteiger partial charge is 0.475 e. The highest BCUT2D eigenvalue weighted by Gasteiger charge is 2.47. The summed E-state index contributed by atoms with van der Waals surface area (Å²) in [4.78, 5) is 75.9. The maximum Gasteiger partial charge on any atom is 0.490 e. The van der Waals surface area contributed by atoms with Gasteiger partial charge in [0, 0.05) is 69.0 Å². The molecule has 5 aliphatic heterocycles. The second kappa shape index (κ2) is 16.6. The number of nitrogens with zero attached hydrogens (tertiary/aromatic N) is 8. The summed E-state index contributed by atoms with van der Waals surface area (Å²) in [5.41, 5.74) is 9.66. The third-order valence-corrected chi connectivity index (χ3v) is 12.3. The van der Waals surface area contributed by atoms with Crippen molar-refractivity contribution >= 4 is 52.1 Å². The molecule has 3 aromatic carbocycles. The molecular weight excluding hydrogens is 845 g/mol. The molecule has 5 aliphatic rings. The summed E-state index contributed by atoms with van der Waals surface area (Å²) in [5, 5.41) is 14.9. The number of fused-ring (bicyclic) bond motifs is 2. The highest BCUT2D eigenvalue weighted by atomic mass is 19.4. The lowest BCUT2D eigenvalue weighted by molar-refractivity contribution is -0.192. The molecule has 4 amide bonds. The zero-order chi connectivity index (χ0) is 45.0. The van der Waals surface area contributed by atoms with Crippen molar-refractivity contribution in [1.82, 2.24) is 39.8 Å². The van der Waals surface area contributed by atoms with E-state index in [1.54, 1.807) is 16.8 Å². The predicted molar refractivity (Wildman–Crippen MR) is 220 cm³/mol. The maximum absolute atomic E-state index is 16.2. The summed E-state index contributed by atoms with van der Waals surface area (Å²) >= 11 is 0. The average Bonchev–Trinajstić information content (AvgIpc) is 3.73. The second-order valence-electron chi connectivity index (χ2n) is 16.2. The number of para-hydroxylation sites is 1. The molecule has 21 heteroatoms. The molecule has 0 aliphatic carbocycles. The van der Waals surface area contributed by atoms with Gasteiger partial charge in [0.25, 0.3) is 11.8 Å². The first-order valence-corrected chi connectivity index (χ1v) is 20.5. The Bertz CT molecular complexity index is 2650. The number of nitrogen functional groups attached to an aromatic ring is 1. The van der Waals surface area contributed by atoms with Crippen LogP contribution in [0.25, 0.3) is 22.3 Å². The van der Waals surface area contributed by atoms with Crippen LogP contribution in [0.1, 0.15) is 46.0 Å². The minimum atomic E-state index is -5.08. The first-order valence-electron chi connectivity index (χ1n) is 20.5. The van der Waals surface area contributed by atoms with Crippen molar-refractivity contribution in [2.75, 3.05) is 49.9 Å². The van der Waals surface area contributed by atoms with Crippen LogP contribution in [0.4, 0.5) is 29.1 Å². The fourth-order valence-corrected chi connectivity index (χ4v) is 8.83. The third kappa shape index (κ3) is 7.95. The number of alkyl halides is 4. The van der Waals surface area contributed by atoms with E-state index in [1.807, 2.05) is 60.7 Å². The van der Waals surface area contributed by atoms with Crippen LogP contribution in [0.15, 0.2) is 79.1 Å². The van der Waals surface area contributed by atoms with Crippen molar-refractivity contribution < 1.29 is 51.4 Å².